The molecule has 3 N–H and O–H groups in total. The predicted octanol–water partition coefficient (Wildman–Crippen LogP) is 3.61. The van der Waals surface area contributed by atoms with E-state index in [1.165, 1.54) is 12.1 Å². The van der Waals surface area contributed by atoms with Crippen molar-refractivity contribution >= 4 is 17.9 Å². The van der Waals surface area contributed by atoms with Crippen molar-refractivity contribution in [1.82, 2.24) is 25.4 Å². The zero-order valence-electron chi connectivity index (χ0n) is 21.9. The maximum atomic E-state index is 13.0. The van der Waals surface area contributed by atoms with E-state index in [0.717, 1.165) is 50.1 Å². The summed E-state index contributed by atoms with van der Waals surface area (Å²) in [6.45, 7) is 1.09. The van der Waals surface area contributed by atoms with Crippen LogP contribution in [0.1, 0.15) is 60.1 Å². The molecule has 3 heterocycles. The lowest BCUT2D eigenvalue weighted by molar-refractivity contribution is -0.137. The highest BCUT2D eigenvalue weighted by Gasteiger charge is 2.48. The molecule has 1 saturated carbocycles. The molecular formula is C28H32F3N5O4. The van der Waals surface area contributed by atoms with Gasteiger partial charge in [0.05, 0.1) is 23.3 Å². The van der Waals surface area contributed by atoms with Gasteiger partial charge in [0.15, 0.2) is 0 Å². The topological polar surface area (TPSA) is 115 Å². The molecule has 2 atom stereocenters. The van der Waals surface area contributed by atoms with E-state index in [-0.39, 0.29) is 36.1 Å². The molecule has 1 aliphatic carbocycles. The van der Waals surface area contributed by atoms with Crippen LogP contribution in [-0.2, 0) is 16.5 Å². The van der Waals surface area contributed by atoms with Crippen LogP contribution in [0.5, 0.6) is 0 Å². The van der Waals surface area contributed by atoms with Crippen LogP contribution >= 0.6 is 0 Å². The highest BCUT2D eigenvalue weighted by Crippen LogP contribution is 2.42. The second-order valence-corrected chi connectivity index (χ2v) is 10.8. The molecule has 0 spiro atoms. The number of nitrogens with one attached hydrogen (secondary N) is 2. The number of halogens is 3. The number of fused-ring (bicyclic) bond motifs is 1. The minimum atomic E-state index is -4.56. The lowest BCUT2D eigenvalue weighted by Crippen LogP contribution is -2.52. The quantitative estimate of drug-likeness (QED) is 0.498. The number of carbonyl (C=O) groups is 3. The first-order valence-electron chi connectivity index (χ1n) is 13.5. The van der Waals surface area contributed by atoms with E-state index in [2.05, 4.69) is 20.5 Å². The molecule has 3 amide bonds. The average Bonchev–Trinajstić information content (AvgIpc) is 3.54. The largest absolute Gasteiger partial charge is 0.465 e. The number of carbonyl (C=O) groups excluding carboxylic acids is 2. The third kappa shape index (κ3) is 5.63. The van der Waals surface area contributed by atoms with Gasteiger partial charge in [-0.1, -0.05) is 12.1 Å². The number of alkyl halides is 3. The molecule has 2 saturated heterocycles. The monoisotopic (exact) mass is 559 g/mol. The first kappa shape index (κ1) is 27.9. The van der Waals surface area contributed by atoms with Crippen molar-refractivity contribution in [1.29, 1.82) is 0 Å². The standard InChI is InChI=1S/C28H32F3N5O4/c29-28(30,31)19-5-3-4-18(16-19)25(38)33-17-24(37)36-15-10-21-22(36)9-14-35(21)20-7-11-27(12-8-20,34-26(39)40)23-6-1-2-13-32-23/h1-6,13,16,20-22,34H,7-12,14-15,17H2,(H,33,38)(H,39,40). The van der Waals surface area contributed by atoms with Gasteiger partial charge in [-0.25, -0.2) is 4.79 Å². The Labute approximate surface area is 229 Å². The third-order valence-electron chi connectivity index (χ3n) is 8.57. The number of nitrogens with zero attached hydrogens (tertiary/aromatic N) is 3. The van der Waals surface area contributed by atoms with E-state index in [1.807, 2.05) is 12.1 Å². The van der Waals surface area contributed by atoms with Crippen LogP contribution in [-0.4, -0.2) is 75.6 Å². The van der Waals surface area contributed by atoms with Crippen LogP contribution in [0, 0.1) is 0 Å². The minimum absolute atomic E-state index is 0.0116. The Morgan fingerprint density at radius 2 is 1.75 bits per heavy atom. The summed E-state index contributed by atoms with van der Waals surface area (Å²) >= 11 is 0. The summed E-state index contributed by atoms with van der Waals surface area (Å²) in [6, 6.07) is 10.1. The molecule has 0 bridgehead atoms. The fraction of sp³-hybridized carbons (Fsp3) is 0.500. The number of benzene rings is 1. The fourth-order valence-electron chi connectivity index (χ4n) is 6.70. The van der Waals surface area contributed by atoms with Gasteiger partial charge >= 0.3 is 12.3 Å². The second-order valence-electron chi connectivity index (χ2n) is 10.8. The Morgan fingerprint density at radius 1 is 1.00 bits per heavy atom. The molecule has 2 unspecified atom stereocenters. The fourth-order valence-corrected chi connectivity index (χ4v) is 6.70. The van der Waals surface area contributed by atoms with Gasteiger partial charge in [-0.3, -0.25) is 19.5 Å². The lowest BCUT2D eigenvalue weighted by atomic mass is 9.76. The van der Waals surface area contributed by atoms with E-state index in [4.69, 9.17) is 0 Å². The Bertz CT molecular complexity index is 1250. The smallest absolute Gasteiger partial charge is 0.416 e. The van der Waals surface area contributed by atoms with Crippen molar-refractivity contribution in [3.8, 4) is 0 Å². The van der Waals surface area contributed by atoms with Gasteiger partial charge < -0.3 is 20.6 Å². The van der Waals surface area contributed by atoms with Crippen LogP contribution in [0.25, 0.3) is 0 Å². The first-order chi connectivity index (χ1) is 19.1. The Hall–Kier alpha value is -3.67. The number of rotatable bonds is 6. The van der Waals surface area contributed by atoms with E-state index in [9.17, 15) is 32.7 Å². The molecule has 5 rings (SSSR count). The molecule has 1 aromatic carbocycles. The van der Waals surface area contributed by atoms with Crippen LogP contribution in [0.2, 0.25) is 0 Å². The van der Waals surface area contributed by atoms with E-state index in [1.54, 1.807) is 17.2 Å². The number of aromatic nitrogens is 1. The summed E-state index contributed by atoms with van der Waals surface area (Å²) in [5.74, 6) is -0.977. The van der Waals surface area contributed by atoms with Gasteiger partial charge in [0.2, 0.25) is 5.91 Å². The highest BCUT2D eigenvalue weighted by molar-refractivity contribution is 5.96. The second kappa shape index (κ2) is 11.1. The number of hydrogen-bond acceptors (Lipinski definition) is 5. The third-order valence-corrected chi connectivity index (χ3v) is 8.57. The van der Waals surface area contributed by atoms with E-state index >= 15 is 0 Å². The minimum Gasteiger partial charge on any atom is -0.465 e. The van der Waals surface area contributed by atoms with Crippen molar-refractivity contribution in [3.05, 3.63) is 65.5 Å². The highest BCUT2D eigenvalue weighted by atomic mass is 19.4. The van der Waals surface area contributed by atoms with Crippen molar-refractivity contribution in [2.75, 3.05) is 19.6 Å². The summed E-state index contributed by atoms with van der Waals surface area (Å²) < 4.78 is 38.9. The molecule has 2 aromatic rings. The lowest BCUT2D eigenvalue weighted by Gasteiger charge is -2.43. The molecule has 0 radical (unpaired) electrons. The zero-order valence-corrected chi connectivity index (χ0v) is 21.9. The van der Waals surface area contributed by atoms with Gasteiger partial charge in [0, 0.05) is 43.0 Å². The van der Waals surface area contributed by atoms with Crippen molar-refractivity contribution < 1.29 is 32.7 Å². The Morgan fingerprint density at radius 3 is 2.42 bits per heavy atom. The Balaban J connectivity index is 1.17. The maximum Gasteiger partial charge on any atom is 0.416 e. The number of likely N-dealkylation sites (tertiary alicyclic amines) is 2. The van der Waals surface area contributed by atoms with Crippen LogP contribution in [0.3, 0.4) is 0 Å². The van der Waals surface area contributed by atoms with Crippen molar-refractivity contribution in [2.45, 2.75) is 68.4 Å². The summed E-state index contributed by atoms with van der Waals surface area (Å²) in [5.41, 5.74) is -1.07. The number of hydrogen-bond donors (Lipinski definition) is 3. The van der Waals surface area contributed by atoms with E-state index in [0.29, 0.717) is 19.4 Å². The maximum absolute atomic E-state index is 13.0. The van der Waals surface area contributed by atoms with Gasteiger partial charge in [-0.15, -0.1) is 0 Å². The predicted molar refractivity (Wildman–Crippen MR) is 138 cm³/mol. The molecular weight excluding hydrogens is 527 g/mol. The summed E-state index contributed by atoms with van der Waals surface area (Å²) in [7, 11) is 0. The van der Waals surface area contributed by atoms with E-state index < -0.39 is 29.3 Å². The van der Waals surface area contributed by atoms with Gasteiger partial charge in [0.1, 0.15) is 0 Å². The van der Waals surface area contributed by atoms with Gasteiger partial charge in [-0.05, 0) is 68.9 Å². The molecule has 2 aliphatic heterocycles. The molecule has 9 nitrogen and oxygen atoms in total. The zero-order chi connectivity index (χ0) is 28.5. The molecule has 1 aromatic heterocycles. The molecule has 12 heteroatoms. The van der Waals surface area contributed by atoms with Crippen LogP contribution in [0.4, 0.5) is 18.0 Å². The average molecular weight is 560 g/mol. The molecule has 3 fully saturated rings. The summed E-state index contributed by atoms with van der Waals surface area (Å²) in [4.78, 5) is 45.7. The van der Waals surface area contributed by atoms with Gasteiger partial charge in [-0.2, -0.15) is 13.2 Å². The molecule has 40 heavy (non-hydrogen) atoms. The van der Waals surface area contributed by atoms with Crippen LogP contribution in [0.15, 0.2) is 48.7 Å². The number of amides is 3. The van der Waals surface area contributed by atoms with Gasteiger partial charge in [0.25, 0.3) is 5.91 Å². The Kier molecular flexibility index (Phi) is 7.72. The molecule has 214 valence electrons. The summed E-state index contributed by atoms with van der Waals surface area (Å²) in [6.07, 6.45) is 0.469. The van der Waals surface area contributed by atoms with Crippen LogP contribution < -0.4 is 10.6 Å². The number of pyridine rings is 1. The van der Waals surface area contributed by atoms with Crippen molar-refractivity contribution in [2.24, 2.45) is 0 Å². The van der Waals surface area contributed by atoms with Crippen molar-refractivity contribution in [3.63, 3.8) is 0 Å². The SMILES string of the molecule is O=C(O)NC1(c2ccccn2)CCC(N2CCC3C2CCN3C(=O)CNC(=O)c2cccc(C(F)(F)F)c2)CC1. The normalized spacial score (nSPS) is 26.8. The summed E-state index contributed by atoms with van der Waals surface area (Å²) in [5, 5.41) is 14.7. The first-order valence-corrected chi connectivity index (χ1v) is 13.5. The molecule has 3 aliphatic rings. The number of carboxylic acid groups (broad SMARTS) is 1.